The lowest BCUT2D eigenvalue weighted by molar-refractivity contribution is 0.212. The predicted molar refractivity (Wildman–Crippen MR) is 136 cm³/mol. The zero-order chi connectivity index (χ0) is 23.0. The Morgan fingerprint density at radius 3 is 1.47 bits per heavy atom. The Morgan fingerprint density at radius 2 is 1.09 bits per heavy atom. The normalized spacial score (nSPS) is 18.4. The SMILES string of the molecule is C/C=C\C.C1CCC2NCCCC2C1.c1ccccc1.c1ccncc1.c1cncnc1. The van der Waals surface area contributed by atoms with Crippen molar-refractivity contribution in [3.63, 3.8) is 0 Å². The summed E-state index contributed by atoms with van der Waals surface area (Å²) in [6.45, 7) is 5.28. The van der Waals surface area contributed by atoms with Gasteiger partial charge in [0.1, 0.15) is 6.33 Å². The van der Waals surface area contributed by atoms with E-state index in [0.717, 1.165) is 12.0 Å². The summed E-state index contributed by atoms with van der Waals surface area (Å²) in [4.78, 5) is 11.1. The fourth-order valence-corrected chi connectivity index (χ4v) is 3.42. The summed E-state index contributed by atoms with van der Waals surface area (Å²) in [6.07, 6.45) is 21.2. The molecule has 1 saturated carbocycles. The lowest BCUT2D eigenvalue weighted by Crippen LogP contribution is -2.42. The molecule has 3 heterocycles. The van der Waals surface area contributed by atoms with Gasteiger partial charge in [-0.2, -0.15) is 0 Å². The number of nitrogens with one attached hydrogen (secondary N) is 1. The zero-order valence-corrected chi connectivity index (χ0v) is 19.8. The van der Waals surface area contributed by atoms with Crippen molar-refractivity contribution in [3.05, 3.63) is 104 Å². The van der Waals surface area contributed by atoms with Crippen LogP contribution in [0.25, 0.3) is 0 Å². The van der Waals surface area contributed by atoms with E-state index in [1.165, 1.54) is 51.4 Å². The Labute approximate surface area is 195 Å². The molecule has 4 heteroatoms. The number of pyridine rings is 1. The lowest BCUT2D eigenvalue weighted by atomic mass is 9.80. The fourth-order valence-electron chi connectivity index (χ4n) is 3.42. The van der Waals surface area contributed by atoms with E-state index in [9.17, 15) is 0 Å². The predicted octanol–water partition coefficient (Wildman–Crippen LogP) is 6.76. The van der Waals surface area contributed by atoms with Gasteiger partial charge in [-0.1, -0.05) is 67.5 Å². The second-order valence-corrected chi connectivity index (χ2v) is 7.50. The van der Waals surface area contributed by atoms with Crippen molar-refractivity contribution >= 4 is 0 Å². The van der Waals surface area contributed by atoms with Gasteiger partial charge in [-0.25, -0.2) is 9.97 Å². The summed E-state index contributed by atoms with van der Waals surface area (Å²) < 4.78 is 0. The molecule has 172 valence electrons. The van der Waals surface area contributed by atoms with Crippen molar-refractivity contribution in [3.8, 4) is 0 Å². The molecule has 2 aromatic heterocycles. The van der Waals surface area contributed by atoms with E-state index in [1.807, 2.05) is 80.6 Å². The van der Waals surface area contributed by atoms with Crippen molar-refractivity contribution < 1.29 is 0 Å². The van der Waals surface area contributed by atoms with Gasteiger partial charge < -0.3 is 5.32 Å². The number of piperidine rings is 1. The average Bonchev–Trinajstić information content (AvgIpc) is 2.93. The largest absolute Gasteiger partial charge is 0.314 e. The van der Waals surface area contributed by atoms with Crippen LogP contribution in [0.5, 0.6) is 0 Å². The van der Waals surface area contributed by atoms with E-state index in [0.29, 0.717) is 0 Å². The minimum absolute atomic E-state index is 0.905. The Kier molecular flexibility index (Phi) is 18.2. The third-order valence-electron chi connectivity index (χ3n) is 5.11. The Morgan fingerprint density at radius 1 is 0.594 bits per heavy atom. The van der Waals surface area contributed by atoms with Crippen molar-refractivity contribution in [1.82, 2.24) is 20.3 Å². The Hall–Kier alpha value is -2.85. The second-order valence-electron chi connectivity index (χ2n) is 7.50. The minimum atomic E-state index is 0.905. The molecule has 2 fully saturated rings. The maximum absolute atomic E-state index is 3.78. The van der Waals surface area contributed by atoms with Crippen LogP contribution in [0.3, 0.4) is 0 Å². The molecule has 0 amide bonds. The number of aromatic nitrogens is 3. The van der Waals surface area contributed by atoms with Crippen LogP contribution in [0.15, 0.2) is 104 Å². The number of fused-ring (bicyclic) bond motifs is 1. The first-order valence-electron chi connectivity index (χ1n) is 11.7. The van der Waals surface area contributed by atoms with Crippen molar-refractivity contribution in [1.29, 1.82) is 0 Å². The van der Waals surface area contributed by atoms with Gasteiger partial charge in [-0.3, -0.25) is 4.98 Å². The second kappa shape index (κ2) is 21.4. The highest BCUT2D eigenvalue weighted by Gasteiger charge is 2.26. The topological polar surface area (TPSA) is 50.7 Å². The van der Waals surface area contributed by atoms with E-state index in [1.54, 1.807) is 30.9 Å². The third kappa shape index (κ3) is 15.9. The smallest absolute Gasteiger partial charge is 0.115 e. The first-order chi connectivity index (χ1) is 15.9. The van der Waals surface area contributed by atoms with Crippen molar-refractivity contribution in [2.45, 2.75) is 58.4 Å². The molecular weight excluding hydrogens is 392 g/mol. The van der Waals surface area contributed by atoms with Gasteiger partial charge in [0.15, 0.2) is 0 Å². The van der Waals surface area contributed by atoms with E-state index in [2.05, 4.69) is 20.3 Å². The number of nitrogens with zero attached hydrogens (tertiary/aromatic N) is 3. The third-order valence-corrected chi connectivity index (χ3v) is 5.11. The van der Waals surface area contributed by atoms with Crippen molar-refractivity contribution in [2.24, 2.45) is 5.92 Å². The summed E-state index contributed by atoms with van der Waals surface area (Å²) in [5.41, 5.74) is 0. The number of benzene rings is 1. The molecule has 3 aromatic rings. The summed E-state index contributed by atoms with van der Waals surface area (Å²) in [7, 11) is 0. The van der Waals surface area contributed by atoms with Gasteiger partial charge in [-0.05, 0) is 70.2 Å². The highest BCUT2D eigenvalue weighted by molar-refractivity contribution is 4.99. The molecule has 4 nitrogen and oxygen atoms in total. The Bertz CT molecular complexity index is 550. The van der Waals surface area contributed by atoms with E-state index in [4.69, 9.17) is 0 Å². The molecule has 1 aliphatic carbocycles. The van der Waals surface area contributed by atoms with E-state index in [-0.39, 0.29) is 0 Å². The quantitative estimate of drug-likeness (QED) is 0.399. The van der Waals surface area contributed by atoms with Crippen LogP contribution in [0, 0.1) is 5.92 Å². The Balaban J connectivity index is 0.000000208. The molecule has 0 spiro atoms. The number of hydrogen-bond acceptors (Lipinski definition) is 4. The van der Waals surface area contributed by atoms with Crippen LogP contribution >= 0.6 is 0 Å². The van der Waals surface area contributed by atoms with Crippen LogP contribution in [-0.2, 0) is 0 Å². The summed E-state index contributed by atoms with van der Waals surface area (Å²) >= 11 is 0. The molecule has 0 bridgehead atoms. The molecule has 1 aliphatic heterocycles. The molecule has 1 saturated heterocycles. The molecule has 1 aromatic carbocycles. The van der Waals surface area contributed by atoms with Crippen LogP contribution in [-0.4, -0.2) is 27.5 Å². The minimum Gasteiger partial charge on any atom is -0.314 e. The summed E-state index contributed by atoms with van der Waals surface area (Å²) in [6, 6.07) is 20.4. The standard InChI is InChI=1S/C9H17N.C6H6.C5H5N.C4H4N2.C4H8/c1-2-6-9-8(4-1)5-3-7-10-9;2*1-2-4-6-5-3-1;1-2-5-4-6-3-1;1-3-4-2/h8-10H,1-7H2;1-6H;1-5H;1-4H;3-4H,1-2H3/b;;;;4-3-. The molecule has 0 radical (unpaired) electrons. The monoisotopic (exact) mass is 432 g/mol. The number of allylic oxidation sites excluding steroid dienone is 2. The van der Waals surface area contributed by atoms with Gasteiger partial charge in [0.05, 0.1) is 0 Å². The maximum Gasteiger partial charge on any atom is 0.115 e. The fraction of sp³-hybridized carbons (Fsp3) is 0.393. The first kappa shape index (κ1) is 27.2. The summed E-state index contributed by atoms with van der Waals surface area (Å²) in [5, 5.41) is 3.62. The molecule has 32 heavy (non-hydrogen) atoms. The molecule has 2 unspecified atom stereocenters. The highest BCUT2D eigenvalue weighted by atomic mass is 14.9. The summed E-state index contributed by atoms with van der Waals surface area (Å²) in [5.74, 6) is 1.04. The van der Waals surface area contributed by atoms with Crippen molar-refractivity contribution in [2.75, 3.05) is 6.54 Å². The molecule has 1 N–H and O–H groups in total. The van der Waals surface area contributed by atoms with Gasteiger partial charge in [-0.15, -0.1) is 0 Å². The van der Waals surface area contributed by atoms with Gasteiger partial charge in [0, 0.05) is 30.8 Å². The van der Waals surface area contributed by atoms with Crippen LogP contribution in [0.1, 0.15) is 52.4 Å². The van der Waals surface area contributed by atoms with Crippen LogP contribution < -0.4 is 5.32 Å². The van der Waals surface area contributed by atoms with Gasteiger partial charge in [0.2, 0.25) is 0 Å². The number of rotatable bonds is 0. The van der Waals surface area contributed by atoms with Crippen LogP contribution in [0.4, 0.5) is 0 Å². The molecule has 2 aliphatic rings. The molecule has 5 rings (SSSR count). The van der Waals surface area contributed by atoms with Gasteiger partial charge >= 0.3 is 0 Å². The molecular formula is C28H40N4. The highest BCUT2D eigenvalue weighted by Crippen LogP contribution is 2.30. The maximum atomic E-state index is 3.78. The first-order valence-corrected chi connectivity index (χ1v) is 11.7. The zero-order valence-electron chi connectivity index (χ0n) is 19.8. The molecule has 2 atom stereocenters. The lowest BCUT2D eigenvalue weighted by Gasteiger charge is -2.36. The van der Waals surface area contributed by atoms with E-state index >= 15 is 0 Å². The average molecular weight is 433 g/mol. The van der Waals surface area contributed by atoms with Crippen LogP contribution in [0.2, 0.25) is 0 Å². The number of hydrogen-bond donors (Lipinski definition) is 1. The van der Waals surface area contributed by atoms with Gasteiger partial charge in [0.25, 0.3) is 0 Å². The van der Waals surface area contributed by atoms with E-state index < -0.39 is 0 Å².